The van der Waals surface area contributed by atoms with Gasteiger partial charge in [0, 0.05) is 24.9 Å². The van der Waals surface area contributed by atoms with Gasteiger partial charge in [-0.3, -0.25) is 4.79 Å². The summed E-state index contributed by atoms with van der Waals surface area (Å²) in [4.78, 5) is 24.7. The van der Waals surface area contributed by atoms with Crippen LogP contribution in [-0.2, 0) is 10.9 Å². The maximum Gasteiger partial charge on any atom is 0.417 e. The molecule has 4 rings (SSSR count). The number of carbonyl (C=O) groups is 1. The Balaban J connectivity index is 1.71. The van der Waals surface area contributed by atoms with Crippen molar-refractivity contribution in [2.75, 3.05) is 18.4 Å². The lowest BCUT2D eigenvalue weighted by atomic mass is 10.0. The Bertz CT molecular complexity index is 1290. The Morgan fingerprint density at radius 2 is 1.97 bits per heavy atom. The molecule has 35 heavy (non-hydrogen) atoms. The topological polar surface area (TPSA) is 98.1 Å². The van der Waals surface area contributed by atoms with Gasteiger partial charge in [-0.2, -0.15) is 23.4 Å². The number of aromatic nitrogens is 5. The Morgan fingerprint density at radius 1 is 1.26 bits per heavy atom. The summed E-state index contributed by atoms with van der Waals surface area (Å²) in [6.45, 7) is 4.21. The van der Waals surface area contributed by atoms with Crippen LogP contribution < -0.4 is 5.32 Å². The van der Waals surface area contributed by atoms with Crippen LogP contribution in [0.4, 0.5) is 19.0 Å². The maximum absolute atomic E-state index is 13.9. The van der Waals surface area contributed by atoms with E-state index in [-0.39, 0.29) is 23.6 Å². The van der Waals surface area contributed by atoms with Crippen molar-refractivity contribution in [1.29, 1.82) is 0 Å². The molecule has 0 saturated carbocycles. The largest absolute Gasteiger partial charge is 0.417 e. The van der Waals surface area contributed by atoms with Crippen molar-refractivity contribution in [2.24, 2.45) is 0 Å². The monoisotopic (exact) mass is 491 g/mol. The summed E-state index contributed by atoms with van der Waals surface area (Å²) in [5, 5.41) is 10.8. The van der Waals surface area contributed by atoms with Crippen LogP contribution in [0.1, 0.15) is 43.9 Å². The fourth-order valence-corrected chi connectivity index (χ4v) is 3.88. The molecule has 1 fully saturated rings. The number of ether oxygens (including phenoxy) is 1. The number of aryl methyl sites for hydroxylation is 2. The number of nitrogens with one attached hydrogen (secondary N) is 1. The highest BCUT2D eigenvalue weighted by molar-refractivity contribution is 5.96. The third-order valence-electron chi connectivity index (χ3n) is 5.54. The number of alkyl halides is 3. The summed E-state index contributed by atoms with van der Waals surface area (Å²) in [6.07, 6.45) is -2.22. The van der Waals surface area contributed by atoms with Gasteiger partial charge in [0.2, 0.25) is 0 Å². The van der Waals surface area contributed by atoms with Crippen molar-refractivity contribution >= 4 is 11.7 Å². The molecule has 9 nitrogen and oxygen atoms in total. The number of anilines is 1. The molecule has 3 atom stereocenters. The first-order chi connectivity index (χ1) is 17.3. The molecule has 3 aromatic rings. The van der Waals surface area contributed by atoms with Crippen molar-refractivity contribution < 1.29 is 25.4 Å². The van der Waals surface area contributed by atoms with E-state index in [1.807, 2.05) is 0 Å². The molecule has 0 radical (unpaired) electrons. The second-order valence-electron chi connectivity index (χ2n) is 8.35. The SMILES string of the molecule is [2H]C([2H])(Nc1ncc(C(F)(F)F)cc1C)[C@@H]1[C@H](C)O[C@H](C)CN1C(=O)c1nc(C)ccc1-n1nccn1. The predicted molar refractivity (Wildman–Crippen MR) is 121 cm³/mol. The molecule has 186 valence electrons. The second-order valence-corrected chi connectivity index (χ2v) is 8.35. The van der Waals surface area contributed by atoms with Gasteiger partial charge in [0.05, 0.1) is 38.9 Å². The van der Waals surface area contributed by atoms with Gasteiger partial charge in [-0.15, -0.1) is 4.80 Å². The Hall–Kier alpha value is -3.54. The van der Waals surface area contributed by atoms with Crippen molar-refractivity contribution in [3.8, 4) is 5.69 Å². The summed E-state index contributed by atoms with van der Waals surface area (Å²) in [5.41, 5.74) is 0.0704. The molecule has 1 N–H and O–H groups in total. The summed E-state index contributed by atoms with van der Waals surface area (Å²) in [5.74, 6) is -0.642. The molecule has 3 aromatic heterocycles. The summed E-state index contributed by atoms with van der Waals surface area (Å²) in [7, 11) is 0. The van der Waals surface area contributed by atoms with E-state index in [0.29, 0.717) is 17.6 Å². The van der Waals surface area contributed by atoms with Crippen molar-refractivity contribution in [3.63, 3.8) is 0 Å². The minimum Gasteiger partial charge on any atom is -0.372 e. The molecular weight excluding hydrogens is 463 g/mol. The van der Waals surface area contributed by atoms with Gasteiger partial charge in [-0.1, -0.05) is 0 Å². The highest BCUT2D eigenvalue weighted by Gasteiger charge is 2.38. The zero-order valence-electron chi connectivity index (χ0n) is 21.5. The number of hydrogen-bond donors (Lipinski definition) is 1. The number of rotatable bonds is 5. The normalized spacial score (nSPS) is 21.9. The third kappa shape index (κ3) is 5.26. The van der Waals surface area contributed by atoms with Crippen LogP contribution in [0.2, 0.25) is 0 Å². The highest BCUT2D eigenvalue weighted by Crippen LogP contribution is 2.30. The van der Waals surface area contributed by atoms with Gasteiger partial charge in [-0.25, -0.2) is 9.97 Å². The molecule has 1 amide bonds. The van der Waals surface area contributed by atoms with Crippen molar-refractivity contribution in [3.05, 3.63) is 59.3 Å². The lowest BCUT2D eigenvalue weighted by molar-refractivity contribution is -0.137. The van der Waals surface area contributed by atoms with Crippen LogP contribution in [0.15, 0.2) is 36.8 Å². The van der Waals surface area contributed by atoms with E-state index < -0.39 is 42.4 Å². The lowest BCUT2D eigenvalue weighted by Crippen LogP contribution is -2.58. The lowest BCUT2D eigenvalue weighted by Gasteiger charge is -2.43. The molecule has 0 spiro atoms. The molecule has 0 bridgehead atoms. The first-order valence-corrected chi connectivity index (χ1v) is 10.9. The van der Waals surface area contributed by atoms with Gasteiger partial charge in [0.25, 0.3) is 5.91 Å². The molecule has 4 heterocycles. The number of nitrogens with zero attached hydrogens (tertiary/aromatic N) is 6. The number of carbonyl (C=O) groups excluding carboxylic acids is 1. The van der Waals surface area contributed by atoms with E-state index in [0.717, 1.165) is 6.07 Å². The minimum absolute atomic E-state index is 0.0298. The van der Waals surface area contributed by atoms with Gasteiger partial charge < -0.3 is 15.0 Å². The van der Waals surface area contributed by atoms with E-state index in [2.05, 4.69) is 25.5 Å². The van der Waals surface area contributed by atoms with E-state index in [9.17, 15) is 18.0 Å². The average Bonchev–Trinajstić information content (AvgIpc) is 3.33. The minimum atomic E-state index is -4.58. The van der Waals surface area contributed by atoms with Gasteiger partial charge in [-0.05, 0) is 51.5 Å². The smallest absolute Gasteiger partial charge is 0.372 e. The molecular formula is C23H26F3N7O2. The highest BCUT2D eigenvalue weighted by atomic mass is 19.4. The van der Waals surface area contributed by atoms with Crippen LogP contribution >= 0.6 is 0 Å². The Morgan fingerprint density at radius 3 is 2.63 bits per heavy atom. The zero-order valence-corrected chi connectivity index (χ0v) is 19.5. The molecule has 1 saturated heterocycles. The summed E-state index contributed by atoms with van der Waals surface area (Å²) >= 11 is 0. The molecule has 1 aliphatic heterocycles. The number of morpholine rings is 1. The number of halogens is 3. The van der Waals surface area contributed by atoms with Crippen LogP contribution in [0.25, 0.3) is 5.69 Å². The molecule has 1 aliphatic rings. The number of amides is 1. The van der Waals surface area contributed by atoms with Gasteiger partial charge in [0.1, 0.15) is 11.5 Å². The summed E-state index contributed by atoms with van der Waals surface area (Å²) < 4.78 is 62.7. The first kappa shape index (κ1) is 22.0. The molecule has 12 heteroatoms. The molecule has 0 aromatic carbocycles. The molecule has 0 unspecified atom stereocenters. The van der Waals surface area contributed by atoms with Crippen LogP contribution in [-0.4, -0.2) is 67.1 Å². The van der Waals surface area contributed by atoms with E-state index in [4.69, 9.17) is 7.48 Å². The third-order valence-corrected chi connectivity index (χ3v) is 5.54. The number of pyridine rings is 2. The summed E-state index contributed by atoms with van der Waals surface area (Å²) in [6, 6.07) is 3.06. The van der Waals surface area contributed by atoms with Crippen LogP contribution in [0, 0.1) is 13.8 Å². The second kappa shape index (κ2) is 9.61. The predicted octanol–water partition coefficient (Wildman–Crippen LogP) is 3.42. The fraction of sp³-hybridized carbons (Fsp3) is 0.435. The molecule has 0 aliphatic carbocycles. The van der Waals surface area contributed by atoms with Gasteiger partial charge >= 0.3 is 6.18 Å². The van der Waals surface area contributed by atoms with Crippen LogP contribution in [0.5, 0.6) is 0 Å². The van der Waals surface area contributed by atoms with Crippen LogP contribution in [0.3, 0.4) is 0 Å². The van der Waals surface area contributed by atoms with Crippen molar-refractivity contribution in [2.45, 2.75) is 52.1 Å². The maximum atomic E-state index is 13.9. The van der Waals surface area contributed by atoms with Gasteiger partial charge in [0.15, 0.2) is 5.69 Å². The van der Waals surface area contributed by atoms with Crippen molar-refractivity contribution in [1.82, 2.24) is 29.9 Å². The Labute approximate surface area is 203 Å². The zero-order chi connectivity index (χ0) is 27.1. The van der Waals surface area contributed by atoms with E-state index >= 15 is 0 Å². The van der Waals surface area contributed by atoms with E-state index in [1.54, 1.807) is 32.9 Å². The fourth-order valence-electron chi connectivity index (χ4n) is 3.88. The standard InChI is InChI=1S/C23H26F3N7O2/c1-13-9-17(23(24,25)26)10-27-21(13)28-11-19-16(4)35-15(3)12-32(19)22(34)20-18(6-5-14(2)31-20)33-29-7-8-30-33/h5-10,15-16,19H,11-12H2,1-4H3,(H,27,28)/t15-,16+,19-/m1/s1/i11D2. The first-order valence-electron chi connectivity index (χ1n) is 11.9. The van der Waals surface area contributed by atoms with E-state index in [1.165, 1.54) is 29.0 Å². The average molecular weight is 492 g/mol. The number of hydrogen-bond acceptors (Lipinski definition) is 7. The Kier molecular flexibility index (Phi) is 6.03. The quantitative estimate of drug-likeness (QED) is 0.584.